The van der Waals surface area contributed by atoms with Gasteiger partial charge in [0.1, 0.15) is 0 Å². The zero-order valence-electron chi connectivity index (χ0n) is 18.0. The molecule has 1 fully saturated rings. The zero-order valence-corrected chi connectivity index (χ0v) is 18.0. The van der Waals surface area contributed by atoms with Crippen LogP contribution in [-0.2, 0) is 28.7 Å². The van der Waals surface area contributed by atoms with Gasteiger partial charge in [-0.15, -0.1) is 0 Å². The molecule has 1 aliphatic rings. The summed E-state index contributed by atoms with van der Waals surface area (Å²) in [4.78, 5) is 21.3. The maximum atomic E-state index is 13.3. The fourth-order valence-electron chi connectivity index (χ4n) is 3.56. The van der Waals surface area contributed by atoms with Crippen LogP contribution in [0.15, 0.2) is 66.7 Å². The number of benzene rings is 2. The van der Waals surface area contributed by atoms with Crippen LogP contribution in [0.25, 0.3) is 0 Å². The van der Waals surface area contributed by atoms with E-state index in [9.17, 15) is 22.8 Å². The zero-order chi connectivity index (χ0) is 24.3. The lowest BCUT2D eigenvalue weighted by molar-refractivity contribution is -0.138. The molecular formula is C24H27F3N2O4. The molecule has 0 saturated carbocycles. The molecule has 1 saturated heterocycles. The summed E-state index contributed by atoms with van der Waals surface area (Å²) in [6.07, 6.45) is -1.38. The topological polar surface area (TPSA) is 89.9 Å². The van der Waals surface area contributed by atoms with Crippen LogP contribution in [0.5, 0.6) is 0 Å². The van der Waals surface area contributed by atoms with Crippen molar-refractivity contribution in [2.75, 3.05) is 19.6 Å². The predicted molar refractivity (Wildman–Crippen MR) is 118 cm³/mol. The quantitative estimate of drug-likeness (QED) is 0.515. The first-order valence-electron chi connectivity index (χ1n) is 10.4. The molecule has 9 heteroatoms. The lowest BCUT2D eigenvalue weighted by atomic mass is 10.0. The Bertz CT molecular complexity index is 911. The van der Waals surface area contributed by atoms with Crippen molar-refractivity contribution in [3.8, 4) is 0 Å². The van der Waals surface area contributed by atoms with E-state index in [4.69, 9.17) is 10.2 Å². The molecule has 1 heterocycles. The molecule has 3 N–H and O–H groups in total. The van der Waals surface area contributed by atoms with Gasteiger partial charge < -0.3 is 15.5 Å². The summed E-state index contributed by atoms with van der Waals surface area (Å²) in [5.41, 5.74) is 1.04. The fourth-order valence-corrected chi connectivity index (χ4v) is 3.56. The van der Waals surface area contributed by atoms with E-state index in [1.54, 1.807) is 12.1 Å². The van der Waals surface area contributed by atoms with Gasteiger partial charge in [-0.3, -0.25) is 4.90 Å². The van der Waals surface area contributed by atoms with Crippen LogP contribution in [0.1, 0.15) is 23.1 Å². The number of alkyl halides is 3. The number of aliphatic carboxylic acids is 2. The number of nitrogens with one attached hydrogen (secondary N) is 1. The molecule has 178 valence electrons. The van der Waals surface area contributed by atoms with Gasteiger partial charge in [0.15, 0.2) is 0 Å². The van der Waals surface area contributed by atoms with Gasteiger partial charge in [-0.2, -0.15) is 13.2 Å². The summed E-state index contributed by atoms with van der Waals surface area (Å²) >= 11 is 0. The summed E-state index contributed by atoms with van der Waals surface area (Å²) in [7, 11) is 0. The fraction of sp³-hybridized carbons (Fsp3) is 0.333. The highest BCUT2D eigenvalue weighted by Gasteiger charge is 2.34. The molecule has 0 aliphatic carbocycles. The molecular weight excluding hydrogens is 437 g/mol. The van der Waals surface area contributed by atoms with Gasteiger partial charge in [0.2, 0.25) is 0 Å². The largest absolute Gasteiger partial charge is 0.478 e. The summed E-state index contributed by atoms with van der Waals surface area (Å²) < 4.78 is 39.9. The molecule has 2 aromatic rings. The Hall–Kier alpha value is -3.17. The van der Waals surface area contributed by atoms with Crippen LogP contribution in [0, 0.1) is 0 Å². The molecule has 0 bridgehead atoms. The standard InChI is InChI=1S/C20H23F3N2.C4H4O4/c21-20(22,23)19-9-5-4-8-17(19)15-25(18-10-12-24-14-18)13-11-16-6-2-1-3-7-16;5-3(6)1-2-4(7)8/h1-9,18,24H,10-15H2;1-2H,(H,5,6)(H,7,8)/t18-;/m0./s1. The number of carbonyl (C=O) groups is 2. The van der Waals surface area contributed by atoms with Crippen molar-refractivity contribution in [3.63, 3.8) is 0 Å². The van der Waals surface area contributed by atoms with Crippen LogP contribution >= 0.6 is 0 Å². The minimum absolute atomic E-state index is 0.282. The van der Waals surface area contributed by atoms with Gasteiger partial charge in [0.25, 0.3) is 0 Å². The van der Waals surface area contributed by atoms with Crippen molar-refractivity contribution in [3.05, 3.63) is 83.4 Å². The van der Waals surface area contributed by atoms with Crippen LogP contribution in [0.3, 0.4) is 0 Å². The third kappa shape index (κ3) is 9.46. The monoisotopic (exact) mass is 464 g/mol. The Labute approximate surface area is 190 Å². The Kier molecular flexibility index (Phi) is 10.1. The highest BCUT2D eigenvalue weighted by atomic mass is 19.4. The predicted octanol–water partition coefficient (Wildman–Crippen LogP) is 3.82. The Morgan fingerprint density at radius 1 is 1.00 bits per heavy atom. The smallest absolute Gasteiger partial charge is 0.416 e. The highest BCUT2D eigenvalue weighted by molar-refractivity contribution is 5.89. The van der Waals surface area contributed by atoms with E-state index in [0.29, 0.717) is 24.3 Å². The maximum Gasteiger partial charge on any atom is 0.416 e. The van der Waals surface area contributed by atoms with Crippen molar-refractivity contribution in [2.24, 2.45) is 0 Å². The second-order valence-electron chi connectivity index (χ2n) is 7.52. The molecule has 0 unspecified atom stereocenters. The number of carboxylic acids is 2. The highest BCUT2D eigenvalue weighted by Crippen LogP contribution is 2.32. The van der Waals surface area contributed by atoms with E-state index in [-0.39, 0.29) is 6.04 Å². The molecule has 2 aromatic carbocycles. The number of hydrogen-bond donors (Lipinski definition) is 3. The van der Waals surface area contributed by atoms with E-state index in [2.05, 4.69) is 22.3 Å². The van der Waals surface area contributed by atoms with E-state index in [1.807, 2.05) is 18.2 Å². The molecule has 33 heavy (non-hydrogen) atoms. The second-order valence-corrected chi connectivity index (χ2v) is 7.52. The van der Waals surface area contributed by atoms with E-state index >= 15 is 0 Å². The third-order valence-corrected chi connectivity index (χ3v) is 5.15. The number of rotatable bonds is 8. The molecule has 3 rings (SSSR count). The van der Waals surface area contributed by atoms with Gasteiger partial charge in [-0.05, 0) is 36.6 Å². The maximum absolute atomic E-state index is 13.3. The lowest BCUT2D eigenvalue weighted by Crippen LogP contribution is -2.38. The van der Waals surface area contributed by atoms with Crippen LogP contribution in [-0.4, -0.2) is 52.7 Å². The van der Waals surface area contributed by atoms with Crippen molar-refractivity contribution in [1.29, 1.82) is 0 Å². The molecule has 0 aromatic heterocycles. The number of carboxylic acid groups (broad SMARTS) is 2. The number of nitrogens with zero attached hydrogens (tertiary/aromatic N) is 1. The Morgan fingerprint density at radius 2 is 1.61 bits per heavy atom. The second kappa shape index (κ2) is 12.8. The summed E-state index contributed by atoms with van der Waals surface area (Å²) in [6, 6.07) is 16.3. The molecule has 1 atom stereocenters. The van der Waals surface area contributed by atoms with E-state index in [0.717, 1.165) is 32.5 Å². The van der Waals surface area contributed by atoms with Gasteiger partial charge in [-0.1, -0.05) is 48.5 Å². The van der Waals surface area contributed by atoms with Crippen molar-refractivity contribution in [1.82, 2.24) is 10.2 Å². The first kappa shape index (κ1) is 26.1. The van der Waals surface area contributed by atoms with Gasteiger partial charge in [0.05, 0.1) is 5.56 Å². The summed E-state index contributed by atoms with van der Waals surface area (Å²) in [6.45, 7) is 2.84. The summed E-state index contributed by atoms with van der Waals surface area (Å²) in [5.74, 6) is -2.51. The van der Waals surface area contributed by atoms with E-state index in [1.165, 1.54) is 17.7 Å². The molecule has 1 aliphatic heterocycles. The van der Waals surface area contributed by atoms with Crippen LogP contribution in [0.2, 0.25) is 0 Å². The normalized spacial score (nSPS) is 15.9. The van der Waals surface area contributed by atoms with Gasteiger partial charge >= 0.3 is 18.1 Å². The third-order valence-electron chi connectivity index (χ3n) is 5.15. The lowest BCUT2D eigenvalue weighted by Gasteiger charge is -2.29. The average molecular weight is 464 g/mol. The SMILES string of the molecule is FC(F)(F)c1ccccc1CN(CCc1ccccc1)[C@H]1CCNC1.O=C(O)C=CC(=O)O. The van der Waals surface area contributed by atoms with Crippen LogP contribution < -0.4 is 5.32 Å². The van der Waals surface area contributed by atoms with Crippen LogP contribution in [0.4, 0.5) is 13.2 Å². The number of halogens is 3. The minimum Gasteiger partial charge on any atom is -0.478 e. The molecule has 6 nitrogen and oxygen atoms in total. The first-order valence-corrected chi connectivity index (χ1v) is 10.4. The van der Waals surface area contributed by atoms with Crippen molar-refractivity contribution in [2.45, 2.75) is 31.6 Å². The van der Waals surface area contributed by atoms with Crippen molar-refractivity contribution >= 4 is 11.9 Å². The summed E-state index contributed by atoms with van der Waals surface area (Å²) in [5, 5.41) is 18.9. The minimum atomic E-state index is -4.31. The molecule has 0 spiro atoms. The molecule has 0 radical (unpaired) electrons. The Balaban J connectivity index is 0.000000414. The van der Waals surface area contributed by atoms with Gasteiger partial charge in [-0.25, -0.2) is 9.59 Å². The average Bonchev–Trinajstić information content (AvgIpc) is 3.31. The molecule has 0 amide bonds. The van der Waals surface area contributed by atoms with Crippen molar-refractivity contribution < 1.29 is 33.0 Å². The Morgan fingerprint density at radius 3 is 2.15 bits per heavy atom. The van der Waals surface area contributed by atoms with Gasteiger partial charge in [0, 0.05) is 37.8 Å². The first-order chi connectivity index (χ1) is 15.7. The number of hydrogen-bond acceptors (Lipinski definition) is 4. The van der Waals surface area contributed by atoms with E-state index < -0.39 is 23.7 Å².